The first-order chi connectivity index (χ1) is 13.3. The van der Waals surface area contributed by atoms with E-state index in [4.69, 9.17) is 9.47 Å². The average Bonchev–Trinajstić information content (AvgIpc) is 3.01. The van der Waals surface area contributed by atoms with E-state index < -0.39 is 0 Å². The van der Waals surface area contributed by atoms with Gasteiger partial charge in [0, 0.05) is 13.1 Å². The summed E-state index contributed by atoms with van der Waals surface area (Å²) in [6, 6.07) is 10.9. The van der Waals surface area contributed by atoms with E-state index in [1.165, 1.54) is 12.8 Å². The average molecular weight is 370 g/mol. The number of nitrogens with one attached hydrogen (secondary N) is 1. The van der Waals surface area contributed by atoms with Crippen molar-refractivity contribution in [2.75, 3.05) is 38.7 Å². The Morgan fingerprint density at radius 1 is 1.00 bits per heavy atom. The summed E-state index contributed by atoms with van der Waals surface area (Å²) in [6.07, 6.45) is 4.51. The van der Waals surface area contributed by atoms with Gasteiger partial charge >= 0.3 is 0 Å². The highest BCUT2D eigenvalue weighted by atomic mass is 16.5. The Kier molecular flexibility index (Phi) is 6.84. The van der Waals surface area contributed by atoms with Gasteiger partial charge in [0.25, 0.3) is 5.91 Å². The molecule has 0 aliphatic carbocycles. The van der Waals surface area contributed by atoms with Gasteiger partial charge in [-0.3, -0.25) is 4.79 Å². The van der Waals surface area contributed by atoms with Crippen molar-refractivity contribution in [3.05, 3.63) is 42.1 Å². The Morgan fingerprint density at radius 3 is 2.33 bits per heavy atom. The Hall–Kier alpha value is -2.83. The molecule has 2 heterocycles. The molecule has 27 heavy (non-hydrogen) atoms. The summed E-state index contributed by atoms with van der Waals surface area (Å²) >= 11 is 0. The molecular weight excluding hydrogens is 344 g/mol. The quantitative estimate of drug-likeness (QED) is 0.755. The summed E-state index contributed by atoms with van der Waals surface area (Å²) in [4.78, 5) is 14.4. The third-order valence-corrected chi connectivity index (χ3v) is 4.51. The molecule has 1 aliphatic heterocycles. The molecular formula is C20H26N4O3. The molecule has 144 valence electrons. The molecule has 0 spiro atoms. The smallest absolute Gasteiger partial charge is 0.274 e. The van der Waals surface area contributed by atoms with Gasteiger partial charge in [0.1, 0.15) is 23.9 Å². The third kappa shape index (κ3) is 5.57. The van der Waals surface area contributed by atoms with Crippen molar-refractivity contribution in [1.29, 1.82) is 0 Å². The highest BCUT2D eigenvalue weighted by Crippen LogP contribution is 2.17. The summed E-state index contributed by atoms with van der Waals surface area (Å²) in [7, 11) is 1.63. The number of ether oxygens (including phenoxy) is 2. The molecule has 2 aromatic rings. The number of amides is 1. The fourth-order valence-corrected chi connectivity index (χ4v) is 3.00. The minimum absolute atomic E-state index is 0.0289. The van der Waals surface area contributed by atoms with E-state index in [-0.39, 0.29) is 5.91 Å². The van der Waals surface area contributed by atoms with Gasteiger partial charge < -0.3 is 19.7 Å². The van der Waals surface area contributed by atoms with E-state index >= 15 is 0 Å². The van der Waals surface area contributed by atoms with Crippen molar-refractivity contribution >= 4 is 11.7 Å². The van der Waals surface area contributed by atoms with E-state index in [0.717, 1.165) is 37.4 Å². The molecule has 1 N–H and O–H groups in total. The topological polar surface area (TPSA) is 76.6 Å². The number of benzene rings is 1. The van der Waals surface area contributed by atoms with Crippen LogP contribution in [0.4, 0.5) is 5.82 Å². The predicted octanol–water partition coefficient (Wildman–Crippen LogP) is 2.99. The summed E-state index contributed by atoms with van der Waals surface area (Å²) in [5, 5.41) is 11.3. The molecule has 7 heteroatoms. The van der Waals surface area contributed by atoms with Crippen LogP contribution in [-0.4, -0.2) is 54.4 Å². The molecule has 3 rings (SSSR count). The normalized spacial score (nSPS) is 14.3. The second-order valence-electron chi connectivity index (χ2n) is 6.46. The van der Waals surface area contributed by atoms with Crippen molar-refractivity contribution in [2.45, 2.75) is 25.7 Å². The zero-order valence-corrected chi connectivity index (χ0v) is 15.7. The number of carbonyl (C=O) groups excluding carboxylic acids is 1. The van der Waals surface area contributed by atoms with Crippen LogP contribution >= 0.6 is 0 Å². The lowest BCUT2D eigenvalue weighted by atomic mass is 10.2. The van der Waals surface area contributed by atoms with Gasteiger partial charge in [0.15, 0.2) is 5.69 Å². The first-order valence-corrected chi connectivity index (χ1v) is 9.40. The lowest BCUT2D eigenvalue weighted by Crippen LogP contribution is -2.32. The summed E-state index contributed by atoms with van der Waals surface area (Å²) in [5.41, 5.74) is 0.400. The maximum absolute atomic E-state index is 12.5. The molecule has 1 aromatic heterocycles. The molecule has 1 amide bonds. The molecule has 1 fully saturated rings. The van der Waals surface area contributed by atoms with Crippen molar-refractivity contribution in [1.82, 2.24) is 15.1 Å². The Morgan fingerprint density at radius 2 is 1.70 bits per heavy atom. The van der Waals surface area contributed by atoms with E-state index in [9.17, 15) is 4.79 Å². The standard InChI is InChI=1S/C20H26N4O3/c1-26-16-6-8-17(9-7-16)27-15-12-21-19-11-10-18(22-23-19)20(25)24-13-4-2-3-5-14-24/h6-11H,2-5,12-15H2,1H3,(H,21,23). The van der Waals surface area contributed by atoms with Crippen molar-refractivity contribution < 1.29 is 14.3 Å². The molecule has 0 bridgehead atoms. The molecule has 0 atom stereocenters. The second-order valence-corrected chi connectivity index (χ2v) is 6.46. The Labute approximate surface area is 159 Å². The van der Waals surface area contributed by atoms with Crippen molar-refractivity contribution in [2.24, 2.45) is 0 Å². The van der Waals surface area contributed by atoms with Crippen LogP contribution in [0.3, 0.4) is 0 Å². The first-order valence-electron chi connectivity index (χ1n) is 9.40. The lowest BCUT2D eigenvalue weighted by molar-refractivity contribution is 0.0754. The zero-order valence-electron chi connectivity index (χ0n) is 15.7. The van der Waals surface area contributed by atoms with Gasteiger partial charge in [0.2, 0.25) is 0 Å². The van der Waals surface area contributed by atoms with E-state index in [2.05, 4.69) is 15.5 Å². The van der Waals surface area contributed by atoms with Gasteiger partial charge in [-0.1, -0.05) is 12.8 Å². The van der Waals surface area contributed by atoms with Crippen LogP contribution in [0.25, 0.3) is 0 Å². The Balaban J connectivity index is 1.43. The van der Waals surface area contributed by atoms with Crippen LogP contribution in [0.15, 0.2) is 36.4 Å². The minimum atomic E-state index is -0.0289. The number of carbonyl (C=O) groups is 1. The second kappa shape index (κ2) is 9.75. The lowest BCUT2D eigenvalue weighted by Gasteiger charge is -2.19. The molecule has 1 aromatic carbocycles. The molecule has 0 unspecified atom stereocenters. The fourth-order valence-electron chi connectivity index (χ4n) is 3.00. The van der Waals surface area contributed by atoms with Crippen molar-refractivity contribution in [3.8, 4) is 11.5 Å². The third-order valence-electron chi connectivity index (χ3n) is 4.51. The van der Waals surface area contributed by atoms with Crippen LogP contribution in [-0.2, 0) is 0 Å². The Bertz CT molecular complexity index is 711. The highest BCUT2D eigenvalue weighted by Gasteiger charge is 2.18. The molecule has 0 radical (unpaired) electrons. The van der Waals surface area contributed by atoms with Gasteiger partial charge in [-0.05, 0) is 49.2 Å². The maximum atomic E-state index is 12.5. The largest absolute Gasteiger partial charge is 0.497 e. The molecule has 7 nitrogen and oxygen atoms in total. The van der Waals surface area contributed by atoms with E-state index in [1.807, 2.05) is 29.2 Å². The van der Waals surface area contributed by atoms with Gasteiger partial charge in [-0.15, -0.1) is 10.2 Å². The number of likely N-dealkylation sites (tertiary alicyclic amines) is 1. The maximum Gasteiger partial charge on any atom is 0.274 e. The monoisotopic (exact) mass is 370 g/mol. The van der Waals surface area contributed by atoms with Crippen LogP contribution in [0.1, 0.15) is 36.2 Å². The van der Waals surface area contributed by atoms with Crippen LogP contribution < -0.4 is 14.8 Å². The number of aromatic nitrogens is 2. The van der Waals surface area contributed by atoms with Gasteiger partial charge in [-0.25, -0.2) is 0 Å². The molecule has 0 saturated carbocycles. The fraction of sp³-hybridized carbons (Fsp3) is 0.450. The zero-order chi connectivity index (χ0) is 18.9. The number of methoxy groups -OCH3 is 1. The molecule has 1 aliphatic rings. The summed E-state index contributed by atoms with van der Waals surface area (Å²) in [5.74, 6) is 2.17. The summed E-state index contributed by atoms with van der Waals surface area (Å²) in [6.45, 7) is 2.69. The molecule has 1 saturated heterocycles. The number of nitrogens with zero attached hydrogens (tertiary/aromatic N) is 3. The van der Waals surface area contributed by atoms with Crippen LogP contribution in [0.5, 0.6) is 11.5 Å². The predicted molar refractivity (Wildman–Crippen MR) is 103 cm³/mol. The van der Waals surface area contributed by atoms with E-state index in [1.54, 1.807) is 19.2 Å². The number of rotatable bonds is 7. The van der Waals surface area contributed by atoms with Gasteiger partial charge in [0.05, 0.1) is 13.7 Å². The van der Waals surface area contributed by atoms with E-state index in [0.29, 0.717) is 24.7 Å². The number of hydrogen-bond donors (Lipinski definition) is 1. The first kappa shape index (κ1) is 18.9. The number of hydrogen-bond acceptors (Lipinski definition) is 6. The van der Waals surface area contributed by atoms with Crippen LogP contribution in [0.2, 0.25) is 0 Å². The minimum Gasteiger partial charge on any atom is -0.497 e. The SMILES string of the molecule is COc1ccc(OCCNc2ccc(C(=O)N3CCCCCC3)nn2)cc1. The van der Waals surface area contributed by atoms with Crippen molar-refractivity contribution in [3.63, 3.8) is 0 Å². The summed E-state index contributed by atoms with van der Waals surface area (Å²) < 4.78 is 10.8. The van der Waals surface area contributed by atoms with Crippen LogP contribution in [0, 0.1) is 0 Å². The number of anilines is 1. The highest BCUT2D eigenvalue weighted by molar-refractivity contribution is 5.92. The van der Waals surface area contributed by atoms with Gasteiger partial charge in [-0.2, -0.15) is 0 Å².